The van der Waals surface area contributed by atoms with Crippen molar-refractivity contribution in [2.24, 2.45) is 11.7 Å². The highest BCUT2D eigenvalue weighted by Gasteiger charge is 2.33. The second kappa shape index (κ2) is 6.06. The van der Waals surface area contributed by atoms with Crippen LogP contribution in [0.4, 0.5) is 0 Å². The first-order valence-corrected chi connectivity index (χ1v) is 7.93. The summed E-state index contributed by atoms with van der Waals surface area (Å²) in [6, 6.07) is 8.07. The zero-order chi connectivity index (χ0) is 14.8. The van der Waals surface area contributed by atoms with Crippen LogP contribution in [0.1, 0.15) is 37.7 Å². The molecule has 1 fully saturated rings. The monoisotopic (exact) mass is 288 g/mol. The number of carbonyl (C=O) groups excluding carboxylic acids is 1. The van der Waals surface area contributed by atoms with E-state index in [0.29, 0.717) is 12.5 Å². The Balaban J connectivity index is 1.77. The molecular formula is C17H24N2O2. The van der Waals surface area contributed by atoms with Gasteiger partial charge in [-0.3, -0.25) is 4.79 Å². The highest BCUT2D eigenvalue weighted by Crippen LogP contribution is 2.35. The van der Waals surface area contributed by atoms with E-state index in [9.17, 15) is 4.79 Å². The number of piperidine rings is 1. The molecule has 0 unspecified atom stereocenters. The lowest BCUT2D eigenvalue weighted by molar-refractivity contribution is -0.135. The largest absolute Gasteiger partial charge is 0.493 e. The van der Waals surface area contributed by atoms with E-state index in [0.717, 1.165) is 43.7 Å². The molecule has 2 N–H and O–H groups in total. The van der Waals surface area contributed by atoms with Crippen LogP contribution >= 0.6 is 0 Å². The van der Waals surface area contributed by atoms with E-state index < -0.39 is 0 Å². The van der Waals surface area contributed by atoms with Crippen molar-refractivity contribution in [2.45, 2.75) is 38.1 Å². The molecule has 1 amide bonds. The zero-order valence-corrected chi connectivity index (χ0v) is 12.6. The fraction of sp³-hybridized carbons (Fsp3) is 0.588. The number of likely N-dealkylation sites (tertiary alicyclic amines) is 1. The average molecular weight is 288 g/mol. The van der Waals surface area contributed by atoms with Crippen LogP contribution in [0.25, 0.3) is 0 Å². The van der Waals surface area contributed by atoms with Crippen molar-refractivity contribution in [3.05, 3.63) is 29.8 Å². The second-order valence-corrected chi connectivity index (χ2v) is 6.27. The smallest absolute Gasteiger partial charge is 0.230 e. The topological polar surface area (TPSA) is 55.6 Å². The Labute approximate surface area is 126 Å². The van der Waals surface area contributed by atoms with Gasteiger partial charge in [-0.1, -0.05) is 18.2 Å². The number of ether oxygens (including phenoxy) is 1. The van der Waals surface area contributed by atoms with Crippen molar-refractivity contribution in [3.63, 3.8) is 0 Å². The summed E-state index contributed by atoms with van der Waals surface area (Å²) in [5, 5.41) is 0. The number of nitrogens with zero attached hydrogens (tertiary/aromatic N) is 1. The fourth-order valence-electron chi connectivity index (χ4n) is 3.46. The third-order valence-electron chi connectivity index (χ3n) is 4.77. The summed E-state index contributed by atoms with van der Waals surface area (Å²) < 4.78 is 5.66. The lowest BCUT2D eigenvalue weighted by Gasteiger charge is -2.37. The van der Waals surface area contributed by atoms with Crippen molar-refractivity contribution in [1.82, 2.24) is 4.90 Å². The Bertz CT molecular complexity index is 515. The van der Waals surface area contributed by atoms with Crippen molar-refractivity contribution in [2.75, 3.05) is 19.7 Å². The van der Waals surface area contributed by atoms with Crippen LogP contribution in [-0.4, -0.2) is 36.5 Å². The first-order valence-electron chi connectivity index (χ1n) is 7.93. The lowest BCUT2D eigenvalue weighted by Crippen LogP contribution is -2.47. The molecule has 3 atom stereocenters. The van der Waals surface area contributed by atoms with Crippen LogP contribution in [-0.2, 0) is 4.79 Å². The standard InChI is InChI=1S/C17H24N2O2/c1-12(18)13-5-4-9-19(11-13)17(20)15-8-10-21-16-7-3-2-6-14(15)16/h2-3,6-7,12-13,15H,4-5,8-11,18H2,1H3/t12-,13-,15+/m0/s1. The van der Waals surface area contributed by atoms with Gasteiger partial charge >= 0.3 is 0 Å². The van der Waals surface area contributed by atoms with Gasteiger partial charge in [0, 0.05) is 24.7 Å². The lowest BCUT2D eigenvalue weighted by atomic mass is 9.88. The van der Waals surface area contributed by atoms with Gasteiger partial charge in [-0.15, -0.1) is 0 Å². The Morgan fingerprint density at radius 3 is 3.00 bits per heavy atom. The van der Waals surface area contributed by atoms with Gasteiger partial charge in [0.15, 0.2) is 0 Å². The summed E-state index contributed by atoms with van der Waals surface area (Å²) in [5.74, 6) is 1.48. The van der Waals surface area contributed by atoms with E-state index in [1.807, 2.05) is 36.1 Å². The second-order valence-electron chi connectivity index (χ2n) is 6.27. The molecule has 0 bridgehead atoms. The van der Waals surface area contributed by atoms with Gasteiger partial charge in [-0.05, 0) is 38.2 Å². The van der Waals surface area contributed by atoms with Crippen molar-refractivity contribution < 1.29 is 9.53 Å². The Morgan fingerprint density at radius 2 is 2.19 bits per heavy atom. The molecule has 3 rings (SSSR count). The van der Waals surface area contributed by atoms with Gasteiger partial charge < -0.3 is 15.4 Å². The van der Waals surface area contributed by atoms with Crippen molar-refractivity contribution in [3.8, 4) is 5.75 Å². The minimum absolute atomic E-state index is 0.0539. The first-order chi connectivity index (χ1) is 10.2. The van der Waals surface area contributed by atoms with E-state index >= 15 is 0 Å². The van der Waals surface area contributed by atoms with Crippen LogP contribution in [0.3, 0.4) is 0 Å². The Hall–Kier alpha value is -1.55. The number of carbonyl (C=O) groups is 1. The molecule has 4 heteroatoms. The fourth-order valence-corrected chi connectivity index (χ4v) is 3.46. The molecule has 21 heavy (non-hydrogen) atoms. The number of nitrogens with two attached hydrogens (primary N) is 1. The molecule has 2 heterocycles. The van der Waals surface area contributed by atoms with E-state index in [-0.39, 0.29) is 17.9 Å². The molecule has 114 valence electrons. The maximum absolute atomic E-state index is 12.9. The maximum Gasteiger partial charge on any atom is 0.230 e. The number of amides is 1. The van der Waals surface area contributed by atoms with Gasteiger partial charge in [0.25, 0.3) is 0 Å². The van der Waals surface area contributed by atoms with E-state index in [4.69, 9.17) is 10.5 Å². The van der Waals surface area contributed by atoms with Crippen LogP contribution in [0.2, 0.25) is 0 Å². The number of para-hydroxylation sites is 1. The molecule has 1 saturated heterocycles. The highest BCUT2D eigenvalue weighted by molar-refractivity contribution is 5.85. The van der Waals surface area contributed by atoms with Gasteiger partial charge in [0.1, 0.15) is 5.75 Å². The van der Waals surface area contributed by atoms with E-state index in [2.05, 4.69) is 0 Å². The summed E-state index contributed by atoms with van der Waals surface area (Å²) >= 11 is 0. The van der Waals surface area contributed by atoms with Crippen molar-refractivity contribution >= 4 is 5.91 Å². The minimum atomic E-state index is -0.0539. The molecule has 1 aromatic carbocycles. The zero-order valence-electron chi connectivity index (χ0n) is 12.6. The molecule has 0 aromatic heterocycles. The number of benzene rings is 1. The number of hydrogen-bond acceptors (Lipinski definition) is 3. The SMILES string of the molecule is C[C@H](N)[C@H]1CCCN(C(=O)[C@@H]2CCOc3ccccc32)C1. The quantitative estimate of drug-likeness (QED) is 0.907. The van der Waals surface area contributed by atoms with Gasteiger partial charge in [0.05, 0.1) is 12.5 Å². The third kappa shape index (κ3) is 2.91. The molecule has 1 aromatic rings. The van der Waals surface area contributed by atoms with Crippen LogP contribution < -0.4 is 10.5 Å². The van der Waals surface area contributed by atoms with Crippen LogP contribution in [0, 0.1) is 5.92 Å². The first kappa shape index (κ1) is 14.4. The molecule has 4 nitrogen and oxygen atoms in total. The molecular weight excluding hydrogens is 264 g/mol. The molecule has 2 aliphatic heterocycles. The summed E-state index contributed by atoms with van der Waals surface area (Å²) in [5.41, 5.74) is 7.07. The predicted octanol–water partition coefficient (Wildman–Crippen LogP) is 2.14. The number of hydrogen-bond donors (Lipinski definition) is 1. The summed E-state index contributed by atoms with van der Waals surface area (Å²) in [7, 11) is 0. The summed E-state index contributed by atoms with van der Waals surface area (Å²) in [6.07, 6.45) is 2.96. The molecule has 0 aliphatic carbocycles. The maximum atomic E-state index is 12.9. The Morgan fingerprint density at radius 1 is 1.38 bits per heavy atom. The minimum Gasteiger partial charge on any atom is -0.493 e. The van der Waals surface area contributed by atoms with E-state index in [1.54, 1.807) is 0 Å². The van der Waals surface area contributed by atoms with Gasteiger partial charge in [-0.2, -0.15) is 0 Å². The molecule has 2 aliphatic rings. The van der Waals surface area contributed by atoms with Crippen LogP contribution in [0.5, 0.6) is 5.75 Å². The Kier molecular flexibility index (Phi) is 4.15. The number of fused-ring (bicyclic) bond motifs is 1. The predicted molar refractivity (Wildman–Crippen MR) is 82.2 cm³/mol. The third-order valence-corrected chi connectivity index (χ3v) is 4.77. The number of rotatable bonds is 2. The normalized spacial score (nSPS) is 26.7. The molecule has 0 saturated carbocycles. The average Bonchev–Trinajstić information content (AvgIpc) is 2.53. The van der Waals surface area contributed by atoms with Gasteiger partial charge in [-0.25, -0.2) is 0 Å². The summed E-state index contributed by atoms with van der Waals surface area (Å²) in [4.78, 5) is 14.9. The summed E-state index contributed by atoms with van der Waals surface area (Å²) in [6.45, 7) is 4.33. The van der Waals surface area contributed by atoms with Gasteiger partial charge in [0.2, 0.25) is 5.91 Å². The van der Waals surface area contributed by atoms with Crippen LogP contribution in [0.15, 0.2) is 24.3 Å². The highest BCUT2D eigenvalue weighted by atomic mass is 16.5. The molecule has 0 radical (unpaired) electrons. The van der Waals surface area contributed by atoms with Crippen molar-refractivity contribution in [1.29, 1.82) is 0 Å². The molecule has 0 spiro atoms. The van der Waals surface area contributed by atoms with E-state index in [1.165, 1.54) is 0 Å².